The number of likely N-dealkylation sites (N-methyl/N-ethyl adjacent to an activating group) is 2. The number of hydrogen-bond donors (Lipinski definition) is 2. The van der Waals surface area contributed by atoms with Crippen molar-refractivity contribution in [3.63, 3.8) is 0 Å². The summed E-state index contributed by atoms with van der Waals surface area (Å²) in [5.41, 5.74) is 16.2. The van der Waals surface area contributed by atoms with Crippen molar-refractivity contribution < 1.29 is 8.97 Å². The number of nitrogens with zero attached hydrogens (tertiary/aromatic N) is 4. The van der Waals surface area contributed by atoms with E-state index in [1.807, 2.05) is 24.3 Å². The standard InChI is InChI=1S/C28H44N6/c1-33(21-27-5-3-15-31(27)25-11-7-23(29)8-12-25)17-19-34(2,20-18-33)22-28-6-4-16-32(28)26-13-9-24(30)10-14-26/h7-14,27-28H,3-6,15-22,29-30H2,1-2H3/q+2. The molecule has 6 heteroatoms. The number of rotatable bonds is 6. The van der Waals surface area contributed by atoms with E-state index in [9.17, 15) is 0 Å². The van der Waals surface area contributed by atoms with Gasteiger partial charge in [0, 0.05) is 35.8 Å². The minimum atomic E-state index is 0.640. The predicted octanol–water partition coefficient (Wildman–Crippen LogP) is 3.40. The zero-order valence-corrected chi connectivity index (χ0v) is 21.2. The zero-order chi connectivity index (χ0) is 23.8. The molecule has 2 aromatic carbocycles. The number of hydrogen-bond acceptors (Lipinski definition) is 4. The van der Waals surface area contributed by atoms with Crippen LogP contribution in [0.2, 0.25) is 0 Å². The lowest BCUT2D eigenvalue weighted by atomic mass is 10.1. The highest BCUT2D eigenvalue weighted by molar-refractivity contribution is 5.55. The Morgan fingerprint density at radius 1 is 0.647 bits per heavy atom. The van der Waals surface area contributed by atoms with Crippen LogP contribution in [0.5, 0.6) is 0 Å². The van der Waals surface area contributed by atoms with E-state index in [2.05, 4.69) is 48.2 Å². The van der Waals surface area contributed by atoms with Gasteiger partial charge in [-0.3, -0.25) is 0 Å². The van der Waals surface area contributed by atoms with Crippen LogP contribution < -0.4 is 21.3 Å². The van der Waals surface area contributed by atoms with Crippen LogP contribution in [-0.2, 0) is 0 Å². The first-order chi connectivity index (χ1) is 16.3. The second-order valence-corrected chi connectivity index (χ2v) is 11.7. The van der Waals surface area contributed by atoms with Crippen LogP contribution >= 0.6 is 0 Å². The van der Waals surface area contributed by atoms with Crippen molar-refractivity contribution in [1.82, 2.24) is 0 Å². The number of benzene rings is 2. The normalized spacial score (nSPS) is 31.8. The summed E-state index contributed by atoms with van der Waals surface area (Å²) in [7, 11) is 5.00. The Kier molecular flexibility index (Phi) is 6.38. The fraction of sp³-hybridized carbons (Fsp3) is 0.571. The van der Waals surface area contributed by atoms with Gasteiger partial charge in [0.05, 0.1) is 39.3 Å². The zero-order valence-electron chi connectivity index (χ0n) is 21.2. The fourth-order valence-electron chi connectivity index (χ4n) is 6.63. The first-order valence-corrected chi connectivity index (χ1v) is 13.2. The Hall–Kier alpha value is -2.44. The van der Waals surface area contributed by atoms with E-state index < -0.39 is 0 Å². The average molecular weight is 465 g/mol. The molecule has 34 heavy (non-hydrogen) atoms. The van der Waals surface area contributed by atoms with E-state index in [4.69, 9.17) is 11.5 Å². The minimum Gasteiger partial charge on any atom is -0.399 e. The molecule has 3 fully saturated rings. The molecule has 3 aliphatic heterocycles. The molecule has 2 atom stereocenters. The monoisotopic (exact) mass is 464 g/mol. The molecule has 0 bridgehead atoms. The molecular weight excluding hydrogens is 420 g/mol. The summed E-state index contributed by atoms with van der Waals surface area (Å²) in [6, 6.07) is 18.3. The first kappa shape index (κ1) is 23.3. The summed E-state index contributed by atoms with van der Waals surface area (Å²) in [6.07, 6.45) is 5.21. The second kappa shape index (κ2) is 9.31. The third-order valence-corrected chi connectivity index (χ3v) is 8.87. The van der Waals surface area contributed by atoms with Crippen molar-refractivity contribution in [2.24, 2.45) is 0 Å². The van der Waals surface area contributed by atoms with Crippen LogP contribution in [-0.4, -0.2) is 87.5 Å². The van der Waals surface area contributed by atoms with Crippen molar-refractivity contribution in [1.29, 1.82) is 0 Å². The maximum absolute atomic E-state index is 5.93. The molecule has 6 nitrogen and oxygen atoms in total. The first-order valence-electron chi connectivity index (χ1n) is 13.2. The highest BCUT2D eigenvalue weighted by Crippen LogP contribution is 2.31. The molecule has 5 rings (SSSR count). The van der Waals surface area contributed by atoms with E-state index in [-0.39, 0.29) is 0 Å². The van der Waals surface area contributed by atoms with Gasteiger partial charge in [0.25, 0.3) is 0 Å². The number of piperazine rings is 1. The van der Waals surface area contributed by atoms with Gasteiger partial charge in [-0.15, -0.1) is 0 Å². The number of nitrogen functional groups attached to an aromatic ring is 2. The maximum Gasteiger partial charge on any atom is 0.129 e. The Morgan fingerprint density at radius 2 is 1.00 bits per heavy atom. The molecule has 184 valence electrons. The number of nitrogens with two attached hydrogens (primary N) is 2. The third kappa shape index (κ3) is 4.98. The van der Waals surface area contributed by atoms with Gasteiger partial charge >= 0.3 is 0 Å². The Balaban J connectivity index is 1.19. The van der Waals surface area contributed by atoms with Crippen LogP contribution in [0.4, 0.5) is 22.7 Å². The molecule has 0 amide bonds. The summed E-state index contributed by atoms with van der Waals surface area (Å²) in [6.45, 7) is 9.95. The Bertz CT molecular complexity index is 868. The fourth-order valence-corrected chi connectivity index (χ4v) is 6.63. The van der Waals surface area contributed by atoms with Crippen molar-refractivity contribution in [3.8, 4) is 0 Å². The lowest BCUT2D eigenvalue weighted by molar-refractivity contribution is -1.02. The van der Waals surface area contributed by atoms with Gasteiger partial charge in [0.2, 0.25) is 0 Å². The summed E-state index contributed by atoms with van der Waals surface area (Å²) < 4.78 is 2.41. The third-order valence-electron chi connectivity index (χ3n) is 8.87. The summed E-state index contributed by atoms with van der Waals surface area (Å²) >= 11 is 0. The molecule has 3 heterocycles. The average Bonchev–Trinajstić information content (AvgIpc) is 3.47. The smallest absolute Gasteiger partial charge is 0.129 e. The molecule has 0 aliphatic carbocycles. The lowest BCUT2D eigenvalue weighted by Crippen LogP contribution is -2.67. The van der Waals surface area contributed by atoms with Gasteiger partial charge in [-0.25, -0.2) is 0 Å². The summed E-state index contributed by atoms with van der Waals surface area (Å²) in [5, 5.41) is 0. The molecule has 2 unspecified atom stereocenters. The largest absolute Gasteiger partial charge is 0.399 e. The van der Waals surface area contributed by atoms with Gasteiger partial charge in [-0.05, 0) is 74.2 Å². The van der Waals surface area contributed by atoms with E-state index in [1.54, 1.807) is 0 Å². The van der Waals surface area contributed by atoms with E-state index in [1.165, 1.54) is 98.4 Å². The van der Waals surface area contributed by atoms with Crippen molar-refractivity contribution in [2.75, 3.05) is 87.7 Å². The SMILES string of the molecule is C[N+]1(CC2CCCN2c2ccc(N)cc2)CC[N+](C)(CC2CCCN2c2ccc(N)cc2)CC1. The summed E-state index contributed by atoms with van der Waals surface area (Å²) in [4.78, 5) is 5.27. The van der Waals surface area contributed by atoms with Gasteiger partial charge < -0.3 is 30.2 Å². The highest BCUT2D eigenvalue weighted by atomic mass is 15.5. The van der Waals surface area contributed by atoms with Crippen molar-refractivity contribution >= 4 is 22.7 Å². The maximum atomic E-state index is 5.93. The summed E-state index contributed by atoms with van der Waals surface area (Å²) in [5.74, 6) is 0. The molecule has 3 saturated heterocycles. The van der Waals surface area contributed by atoms with Crippen molar-refractivity contribution in [2.45, 2.75) is 37.8 Å². The quantitative estimate of drug-likeness (QED) is 0.508. The second-order valence-electron chi connectivity index (χ2n) is 11.7. The lowest BCUT2D eigenvalue weighted by Gasteiger charge is -2.49. The molecule has 2 aromatic rings. The Morgan fingerprint density at radius 3 is 1.35 bits per heavy atom. The topological polar surface area (TPSA) is 58.5 Å². The van der Waals surface area contributed by atoms with E-state index in [0.717, 1.165) is 11.4 Å². The van der Waals surface area contributed by atoms with Gasteiger partial charge in [0.15, 0.2) is 0 Å². The van der Waals surface area contributed by atoms with Crippen molar-refractivity contribution in [3.05, 3.63) is 48.5 Å². The van der Waals surface area contributed by atoms with Crippen LogP contribution in [0.3, 0.4) is 0 Å². The molecular formula is C28H44N6+2. The van der Waals surface area contributed by atoms with Crippen LogP contribution in [0.1, 0.15) is 25.7 Å². The molecule has 0 radical (unpaired) electrons. The van der Waals surface area contributed by atoms with Gasteiger partial charge in [-0.2, -0.15) is 0 Å². The van der Waals surface area contributed by atoms with Crippen LogP contribution in [0.25, 0.3) is 0 Å². The van der Waals surface area contributed by atoms with Crippen LogP contribution in [0, 0.1) is 0 Å². The molecule has 0 aromatic heterocycles. The molecule has 0 saturated carbocycles. The minimum absolute atomic E-state index is 0.640. The highest BCUT2D eigenvalue weighted by Gasteiger charge is 2.42. The van der Waals surface area contributed by atoms with Gasteiger partial charge in [0.1, 0.15) is 26.2 Å². The van der Waals surface area contributed by atoms with Gasteiger partial charge in [-0.1, -0.05) is 0 Å². The van der Waals surface area contributed by atoms with Crippen LogP contribution in [0.15, 0.2) is 48.5 Å². The molecule has 0 spiro atoms. The van der Waals surface area contributed by atoms with E-state index in [0.29, 0.717) is 12.1 Å². The van der Waals surface area contributed by atoms with E-state index >= 15 is 0 Å². The number of anilines is 4. The number of quaternary nitrogens is 2. The predicted molar refractivity (Wildman–Crippen MR) is 144 cm³/mol. The Labute approximate surface area is 205 Å². The molecule has 4 N–H and O–H groups in total. The molecule has 3 aliphatic rings.